The smallest absolute Gasteiger partial charge is 0.143 e. The highest BCUT2D eigenvalue weighted by Crippen LogP contribution is 2.11. The van der Waals surface area contributed by atoms with Crippen LogP contribution in [0, 0.1) is 17.1 Å². The van der Waals surface area contributed by atoms with E-state index < -0.39 is 5.82 Å². The van der Waals surface area contributed by atoms with Crippen LogP contribution in [0.4, 0.5) is 10.1 Å². The maximum Gasteiger partial charge on any atom is 0.143 e. The maximum absolute atomic E-state index is 12.7. The van der Waals surface area contributed by atoms with Gasteiger partial charge < -0.3 is 5.43 Å². The van der Waals surface area contributed by atoms with Gasteiger partial charge in [-0.3, -0.25) is 5.84 Å². The molecule has 64 valence electrons. The van der Waals surface area contributed by atoms with Gasteiger partial charge in [0.05, 0.1) is 11.3 Å². The summed E-state index contributed by atoms with van der Waals surface area (Å²) in [6.45, 7) is 0. The second-order valence-electron chi connectivity index (χ2n) is 1.95. The first-order chi connectivity index (χ1) is 5.27. The predicted octanol–water partition coefficient (Wildman–Crippen LogP) is 1.40. The summed E-state index contributed by atoms with van der Waals surface area (Å²) in [5, 5.41) is 8.34. The number of hydrazine groups is 1. The summed E-state index contributed by atoms with van der Waals surface area (Å²) in [5.41, 5.74) is 2.73. The molecule has 0 aliphatic heterocycles. The molecular weight excluding hydrogens is 181 g/mol. The van der Waals surface area contributed by atoms with E-state index >= 15 is 0 Å². The number of nitrogens with zero attached hydrogens (tertiary/aromatic N) is 1. The van der Waals surface area contributed by atoms with Crippen molar-refractivity contribution in [2.45, 2.75) is 0 Å². The van der Waals surface area contributed by atoms with E-state index in [4.69, 9.17) is 11.1 Å². The molecule has 3 N–H and O–H groups in total. The van der Waals surface area contributed by atoms with Crippen LogP contribution in [0.2, 0.25) is 0 Å². The second-order valence-corrected chi connectivity index (χ2v) is 1.95. The summed E-state index contributed by atoms with van der Waals surface area (Å²) in [6, 6.07) is 5.76. The molecule has 0 fully saturated rings. The van der Waals surface area contributed by atoms with Crippen molar-refractivity contribution >= 4 is 18.1 Å². The van der Waals surface area contributed by atoms with Gasteiger partial charge in [0, 0.05) is 0 Å². The Hall–Kier alpha value is -1.31. The van der Waals surface area contributed by atoms with Gasteiger partial charge in [-0.25, -0.2) is 4.39 Å². The summed E-state index contributed by atoms with van der Waals surface area (Å²) < 4.78 is 12.7. The minimum atomic E-state index is -0.567. The van der Waals surface area contributed by atoms with Crippen LogP contribution in [0.5, 0.6) is 0 Å². The number of nitriles is 1. The maximum atomic E-state index is 12.7. The number of nitrogens with two attached hydrogens (primary N) is 1. The van der Waals surface area contributed by atoms with Gasteiger partial charge in [0.25, 0.3) is 0 Å². The molecule has 3 nitrogen and oxygen atoms in total. The molecule has 0 aromatic heterocycles. The van der Waals surface area contributed by atoms with Crippen molar-refractivity contribution in [3.05, 3.63) is 29.6 Å². The first-order valence-corrected chi connectivity index (χ1v) is 2.94. The molecule has 0 spiro atoms. The van der Waals surface area contributed by atoms with E-state index in [-0.39, 0.29) is 18.0 Å². The molecule has 0 saturated heterocycles. The minimum Gasteiger partial charge on any atom is -0.324 e. The van der Waals surface area contributed by atoms with Gasteiger partial charge in [0.1, 0.15) is 11.9 Å². The molecule has 5 heteroatoms. The number of nitrogen functional groups attached to an aromatic ring is 1. The molecule has 1 rings (SSSR count). The molecule has 0 radical (unpaired) electrons. The Morgan fingerprint density at radius 2 is 2.17 bits per heavy atom. The Labute approximate surface area is 75.4 Å². The number of anilines is 1. The van der Waals surface area contributed by atoms with E-state index in [1.54, 1.807) is 6.07 Å². The Balaban J connectivity index is 0.00000121. The van der Waals surface area contributed by atoms with Crippen LogP contribution in [0.15, 0.2) is 18.2 Å². The second kappa shape index (κ2) is 4.54. The van der Waals surface area contributed by atoms with E-state index in [9.17, 15) is 4.39 Å². The van der Waals surface area contributed by atoms with Crippen LogP contribution in [0.1, 0.15) is 5.56 Å². The highest BCUT2D eigenvalue weighted by Gasteiger charge is 2.00. The first kappa shape index (κ1) is 10.7. The summed E-state index contributed by atoms with van der Waals surface area (Å²) in [7, 11) is 0. The average Bonchev–Trinajstić information content (AvgIpc) is 2.04. The molecule has 1 aromatic carbocycles. The summed E-state index contributed by atoms with van der Waals surface area (Å²) in [6.07, 6.45) is 0. The van der Waals surface area contributed by atoms with Crippen molar-refractivity contribution in [1.82, 2.24) is 0 Å². The van der Waals surface area contributed by atoms with Gasteiger partial charge in [-0.1, -0.05) is 0 Å². The normalized spacial score (nSPS) is 8.08. The highest BCUT2D eigenvalue weighted by molar-refractivity contribution is 5.85. The lowest BCUT2D eigenvalue weighted by Crippen LogP contribution is -2.06. The lowest BCUT2D eigenvalue weighted by Gasteiger charge is -1.98. The number of hydrogen-bond donors (Lipinski definition) is 2. The Morgan fingerprint density at radius 3 is 2.58 bits per heavy atom. The van der Waals surface area contributed by atoms with Crippen molar-refractivity contribution in [2.75, 3.05) is 5.43 Å². The third-order valence-corrected chi connectivity index (χ3v) is 1.26. The van der Waals surface area contributed by atoms with Gasteiger partial charge in [0.2, 0.25) is 0 Å². The lowest BCUT2D eigenvalue weighted by atomic mass is 10.2. The molecule has 0 heterocycles. The van der Waals surface area contributed by atoms with E-state index in [0.29, 0.717) is 5.69 Å². The number of benzene rings is 1. The number of rotatable bonds is 1. The fourth-order valence-corrected chi connectivity index (χ4v) is 0.696. The van der Waals surface area contributed by atoms with Crippen LogP contribution in [-0.4, -0.2) is 0 Å². The van der Waals surface area contributed by atoms with Crippen LogP contribution in [0.25, 0.3) is 0 Å². The zero-order valence-corrected chi connectivity index (χ0v) is 6.86. The van der Waals surface area contributed by atoms with E-state index in [0.717, 1.165) is 0 Å². The van der Waals surface area contributed by atoms with Crippen LogP contribution in [0.3, 0.4) is 0 Å². The standard InChI is InChI=1S/C7H6FN3.ClH/c8-7-3-6(11-10)2-1-5(7)4-9;/h1-3,11H,10H2;1H. The number of halogens is 2. The van der Waals surface area contributed by atoms with E-state index in [1.165, 1.54) is 18.2 Å². The van der Waals surface area contributed by atoms with E-state index in [1.807, 2.05) is 0 Å². The van der Waals surface area contributed by atoms with E-state index in [2.05, 4.69) is 5.43 Å². The highest BCUT2D eigenvalue weighted by atomic mass is 35.5. The van der Waals surface area contributed by atoms with Gasteiger partial charge in [-0.15, -0.1) is 12.4 Å². The van der Waals surface area contributed by atoms with Crippen molar-refractivity contribution in [1.29, 1.82) is 5.26 Å². The van der Waals surface area contributed by atoms with Crippen LogP contribution in [-0.2, 0) is 0 Å². The number of hydrogen-bond acceptors (Lipinski definition) is 3. The monoisotopic (exact) mass is 187 g/mol. The summed E-state index contributed by atoms with van der Waals surface area (Å²) in [4.78, 5) is 0. The SMILES string of the molecule is Cl.N#Cc1ccc(NN)cc1F. The molecule has 0 bridgehead atoms. The van der Waals surface area contributed by atoms with Gasteiger partial charge in [0.15, 0.2) is 0 Å². The van der Waals surface area contributed by atoms with Crippen molar-refractivity contribution in [2.24, 2.45) is 5.84 Å². The Morgan fingerprint density at radius 1 is 1.50 bits per heavy atom. The third kappa shape index (κ3) is 2.09. The predicted molar refractivity (Wildman–Crippen MR) is 46.2 cm³/mol. The molecule has 12 heavy (non-hydrogen) atoms. The van der Waals surface area contributed by atoms with Crippen LogP contribution >= 0.6 is 12.4 Å². The van der Waals surface area contributed by atoms with Gasteiger partial charge in [-0.05, 0) is 18.2 Å². The fraction of sp³-hybridized carbons (Fsp3) is 0. The van der Waals surface area contributed by atoms with Gasteiger partial charge in [-0.2, -0.15) is 5.26 Å². The first-order valence-electron chi connectivity index (χ1n) is 2.94. The minimum absolute atomic E-state index is 0. The molecule has 0 aliphatic carbocycles. The fourth-order valence-electron chi connectivity index (χ4n) is 0.696. The largest absolute Gasteiger partial charge is 0.324 e. The van der Waals surface area contributed by atoms with Crippen molar-refractivity contribution < 1.29 is 4.39 Å². The average molecular weight is 188 g/mol. The van der Waals surface area contributed by atoms with Crippen LogP contribution < -0.4 is 11.3 Å². The summed E-state index contributed by atoms with van der Waals surface area (Å²) in [5.74, 6) is 4.44. The molecule has 0 amide bonds. The topological polar surface area (TPSA) is 61.8 Å². The summed E-state index contributed by atoms with van der Waals surface area (Å²) >= 11 is 0. The Kier molecular flexibility index (Phi) is 4.05. The van der Waals surface area contributed by atoms with Crippen molar-refractivity contribution in [3.63, 3.8) is 0 Å². The molecule has 1 aromatic rings. The molecular formula is C7H7ClFN3. The lowest BCUT2D eigenvalue weighted by molar-refractivity contribution is 0.624. The zero-order valence-electron chi connectivity index (χ0n) is 6.04. The molecule has 0 atom stereocenters. The molecule has 0 aliphatic rings. The van der Waals surface area contributed by atoms with Crippen molar-refractivity contribution in [3.8, 4) is 6.07 Å². The molecule has 0 saturated carbocycles. The zero-order chi connectivity index (χ0) is 8.27. The number of nitrogens with one attached hydrogen (secondary N) is 1. The third-order valence-electron chi connectivity index (χ3n) is 1.26. The quantitative estimate of drug-likeness (QED) is 0.516. The molecule has 0 unspecified atom stereocenters. The van der Waals surface area contributed by atoms with Gasteiger partial charge >= 0.3 is 0 Å². The Bertz CT molecular complexity index is 308.